The first-order valence-corrected chi connectivity index (χ1v) is 8.84. The van der Waals surface area contributed by atoms with Crippen molar-refractivity contribution in [2.75, 3.05) is 12.4 Å². The van der Waals surface area contributed by atoms with Crippen molar-refractivity contribution in [1.29, 1.82) is 0 Å². The zero-order valence-electron chi connectivity index (χ0n) is 14.8. The highest BCUT2D eigenvalue weighted by atomic mass is 32.1. The molecule has 0 fully saturated rings. The average Bonchev–Trinajstić information content (AvgIpc) is 3.07. The van der Waals surface area contributed by atoms with Gasteiger partial charge >= 0.3 is 6.61 Å². The van der Waals surface area contributed by atoms with Gasteiger partial charge in [-0.25, -0.2) is 4.98 Å². The summed E-state index contributed by atoms with van der Waals surface area (Å²) in [5.74, 6) is -0.501. The molecule has 0 spiro atoms. The highest BCUT2D eigenvalue weighted by Crippen LogP contribution is 2.30. The van der Waals surface area contributed by atoms with Crippen LogP contribution in [0.25, 0.3) is 16.3 Å². The number of rotatable bonds is 7. The predicted octanol–water partition coefficient (Wildman–Crippen LogP) is 4.47. The zero-order valence-corrected chi connectivity index (χ0v) is 15.6. The van der Waals surface area contributed by atoms with Gasteiger partial charge in [-0.3, -0.25) is 20.2 Å². The van der Waals surface area contributed by atoms with Crippen LogP contribution in [0.2, 0.25) is 0 Å². The number of methoxy groups -OCH3 is 1. The van der Waals surface area contributed by atoms with Gasteiger partial charge in [-0.15, -0.1) is 0 Å². The van der Waals surface area contributed by atoms with E-state index in [9.17, 15) is 23.7 Å². The van der Waals surface area contributed by atoms with E-state index in [4.69, 9.17) is 4.74 Å². The number of carbonyl (C=O) groups excluding carboxylic acids is 1. The normalized spacial score (nSPS) is 11.2. The fourth-order valence-electron chi connectivity index (χ4n) is 2.38. The van der Waals surface area contributed by atoms with Crippen molar-refractivity contribution in [1.82, 2.24) is 4.98 Å². The lowest BCUT2D eigenvalue weighted by Gasteiger charge is -2.10. The molecule has 3 aromatic rings. The molecule has 0 unspecified atom stereocenters. The summed E-state index contributed by atoms with van der Waals surface area (Å²) in [6.45, 7) is -2.98. The van der Waals surface area contributed by atoms with E-state index in [0.717, 1.165) is 11.3 Å². The Balaban J connectivity index is 1.71. The maximum atomic E-state index is 12.4. The van der Waals surface area contributed by atoms with E-state index < -0.39 is 17.4 Å². The summed E-state index contributed by atoms with van der Waals surface area (Å²) < 4.78 is 34.6. The van der Waals surface area contributed by atoms with Gasteiger partial charge in [-0.2, -0.15) is 8.78 Å². The molecule has 29 heavy (non-hydrogen) atoms. The maximum absolute atomic E-state index is 12.4. The lowest BCUT2D eigenvalue weighted by atomic mass is 10.2. The third-order valence-electron chi connectivity index (χ3n) is 3.64. The molecule has 150 valence electrons. The van der Waals surface area contributed by atoms with Gasteiger partial charge in [0.25, 0.3) is 5.69 Å². The Morgan fingerprint density at radius 1 is 1.28 bits per heavy atom. The summed E-state index contributed by atoms with van der Waals surface area (Å²) in [5, 5.41) is 13.7. The highest BCUT2D eigenvalue weighted by Gasteiger charge is 2.12. The molecule has 3 rings (SSSR count). The summed E-state index contributed by atoms with van der Waals surface area (Å²) >= 11 is 1.10. The smallest absolute Gasteiger partial charge is 0.387 e. The van der Waals surface area contributed by atoms with Crippen LogP contribution in [0.15, 0.2) is 42.5 Å². The molecule has 0 bridgehead atoms. The second kappa shape index (κ2) is 8.61. The number of carbonyl (C=O) groups is 1. The minimum atomic E-state index is -2.98. The summed E-state index contributed by atoms with van der Waals surface area (Å²) in [4.78, 5) is 26.6. The van der Waals surface area contributed by atoms with Gasteiger partial charge in [-0.05, 0) is 29.8 Å². The van der Waals surface area contributed by atoms with Crippen LogP contribution >= 0.6 is 11.3 Å². The van der Waals surface area contributed by atoms with Crippen LogP contribution in [-0.4, -0.2) is 29.5 Å². The molecule has 1 N–H and O–H groups in total. The molecule has 0 aliphatic rings. The molecule has 2 aromatic carbocycles. The molecule has 0 saturated heterocycles. The summed E-state index contributed by atoms with van der Waals surface area (Å²) in [6, 6.07) is 8.46. The van der Waals surface area contributed by atoms with Crippen LogP contribution in [-0.2, 0) is 4.79 Å². The van der Waals surface area contributed by atoms with Crippen molar-refractivity contribution >= 4 is 44.4 Å². The van der Waals surface area contributed by atoms with Crippen LogP contribution in [0.4, 0.5) is 19.6 Å². The maximum Gasteiger partial charge on any atom is 0.387 e. The molecule has 0 aliphatic carbocycles. The van der Waals surface area contributed by atoms with E-state index in [1.165, 1.54) is 55.7 Å². The molecule has 1 amide bonds. The number of nitro groups is 1. The summed E-state index contributed by atoms with van der Waals surface area (Å²) in [6.07, 6.45) is 2.69. The number of alkyl halides is 2. The minimum absolute atomic E-state index is 0.0628. The van der Waals surface area contributed by atoms with Crippen molar-refractivity contribution in [3.05, 3.63) is 58.2 Å². The number of hydrogen-bond donors (Lipinski definition) is 1. The number of aromatic nitrogens is 1. The molecular weight excluding hydrogens is 408 g/mol. The van der Waals surface area contributed by atoms with Crippen molar-refractivity contribution in [2.24, 2.45) is 0 Å². The Bertz CT molecular complexity index is 1100. The second-order valence-corrected chi connectivity index (χ2v) is 6.57. The quantitative estimate of drug-likeness (QED) is 0.343. The van der Waals surface area contributed by atoms with Gasteiger partial charge in [0, 0.05) is 18.2 Å². The Morgan fingerprint density at radius 3 is 2.76 bits per heavy atom. The van der Waals surface area contributed by atoms with E-state index >= 15 is 0 Å². The number of fused-ring (bicyclic) bond motifs is 1. The first-order chi connectivity index (χ1) is 13.9. The second-order valence-electron chi connectivity index (χ2n) is 5.54. The lowest BCUT2D eigenvalue weighted by Crippen LogP contribution is -2.07. The van der Waals surface area contributed by atoms with Crippen molar-refractivity contribution in [3.8, 4) is 11.5 Å². The average molecular weight is 421 g/mol. The fraction of sp³-hybridized carbons (Fsp3) is 0.111. The Hall–Kier alpha value is -3.60. The molecule has 11 heteroatoms. The number of anilines is 1. The van der Waals surface area contributed by atoms with Crippen molar-refractivity contribution < 1.29 is 28.0 Å². The highest BCUT2D eigenvalue weighted by molar-refractivity contribution is 7.22. The van der Waals surface area contributed by atoms with Crippen LogP contribution in [0.3, 0.4) is 0 Å². The number of halogens is 2. The topological polar surface area (TPSA) is 104 Å². The third kappa shape index (κ3) is 5.02. The molecular formula is C18H13F2N3O5S. The van der Waals surface area contributed by atoms with E-state index in [-0.39, 0.29) is 22.3 Å². The number of nitro benzene ring substituents is 1. The number of nitrogens with zero attached hydrogens (tertiary/aromatic N) is 2. The molecule has 0 radical (unpaired) electrons. The standard InChI is InChI=1S/C18H13F2N3O5S/c1-27-14-8-10(2-6-13(14)28-17(19)20)3-7-16(24)22-18-21-12-5-4-11(23(25)26)9-15(12)29-18/h2-9,17H,1H3,(H,21,22,24). The minimum Gasteiger partial charge on any atom is -0.493 e. The third-order valence-corrected chi connectivity index (χ3v) is 4.58. The predicted molar refractivity (Wildman–Crippen MR) is 104 cm³/mol. The molecule has 0 atom stereocenters. The fourth-order valence-corrected chi connectivity index (χ4v) is 3.28. The Labute approximate surface area is 166 Å². The Morgan fingerprint density at radius 2 is 2.07 bits per heavy atom. The zero-order chi connectivity index (χ0) is 21.0. The van der Waals surface area contributed by atoms with Crippen molar-refractivity contribution in [2.45, 2.75) is 6.61 Å². The number of nitrogens with one attached hydrogen (secondary N) is 1. The molecule has 1 heterocycles. The number of hydrogen-bond acceptors (Lipinski definition) is 7. The van der Waals surface area contributed by atoms with Crippen molar-refractivity contribution in [3.63, 3.8) is 0 Å². The van der Waals surface area contributed by atoms with Gasteiger partial charge < -0.3 is 9.47 Å². The Kier molecular flexibility index (Phi) is 5.98. The molecule has 1 aromatic heterocycles. The van der Waals surface area contributed by atoms with Gasteiger partial charge in [-0.1, -0.05) is 17.4 Å². The number of non-ortho nitro benzene ring substituents is 1. The van der Waals surface area contributed by atoms with Gasteiger partial charge in [0.05, 0.1) is 22.2 Å². The monoisotopic (exact) mass is 421 g/mol. The molecule has 0 saturated carbocycles. The van der Waals surface area contributed by atoms with Crippen LogP contribution < -0.4 is 14.8 Å². The van der Waals surface area contributed by atoms with E-state index in [2.05, 4.69) is 15.0 Å². The number of benzene rings is 2. The van der Waals surface area contributed by atoms with E-state index in [1.54, 1.807) is 0 Å². The van der Waals surface area contributed by atoms with Gasteiger partial charge in [0.2, 0.25) is 5.91 Å². The van der Waals surface area contributed by atoms with Gasteiger partial charge in [0.1, 0.15) is 0 Å². The first-order valence-electron chi connectivity index (χ1n) is 8.02. The summed E-state index contributed by atoms with van der Waals surface area (Å²) in [5.41, 5.74) is 0.991. The van der Waals surface area contributed by atoms with Crippen LogP contribution in [0.5, 0.6) is 11.5 Å². The van der Waals surface area contributed by atoms with Crippen LogP contribution in [0, 0.1) is 10.1 Å². The number of thiazole rings is 1. The van der Waals surface area contributed by atoms with Gasteiger partial charge in [0.15, 0.2) is 16.6 Å². The largest absolute Gasteiger partial charge is 0.493 e. The summed E-state index contributed by atoms with van der Waals surface area (Å²) in [7, 11) is 1.31. The number of amides is 1. The first kappa shape index (κ1) is 20.1. The lowest BCUT2D eigenvalue weighted by molar-refractivity contribution is -0.384. The SMILES string of the molecule is COc1cc(C=CC(=O)Nc2nc3ccc([N+](=O)[O-])cc3s2)ccc1OC(F)F. The van der Waals surface area contributed by atoms with Crippen LogP contribution in [0.1, 0.15) is 5.56 Å². The van der Waals surface area contributed by atoms with E-state index in [1.807, 2.05) is 0 Å². The van der Waals surface area contributed by atoms with E-state index in [0.29, 0.717) is 15.8 Å². The molecule has 8 nitrogen and oxygen atoms in total. The molecule has 0 aliphatic heterocycles. The number of ether oxygens (including phenoxy) is 2.